The Labute approximate surface area is 191 Å². The van der Waals surface area contributed by atoms with Crippen molar-refractivity contribution >= 4 is 28.8 Å². The fraction of sp³-hybridized carbons (Fsp3) is 0.115. The van der Waals surface area contributed by atoms with Crippen LogP contribution in [-0.2, 0) is 4.79 Å². The number of furan rings is 1. The number of ether oxygens (including phenoxy) is 1. The van der Waals surface area contributed by atoms with Crippen LogP contribution in [0.25, 0.3) is 17.0 Å². The predicted octanol–water partition coefficient (Wildman–Crippen LogP) is 4.18. The molecule has 0 aliphatic heterocycles. The van der Waals surface area contributed by atoms with Crippen LogP contribution in [0, 0.1) is 0 Å². The highest BCUT2D eigenvalue weighted by molar-refractivity contribution is 6.05. The van der Waals surface area contributed by atoms with Crippen molar-refractivity contribution in [3.8, 4) is 5.75 Å². The van der Waals surface area contributed by atoms with Gasteiger partial charge in [0, 0.05) is 29.8 Å². The molecule has 2 aromatic heterocycles. The summed E-state index contributed by atoms with van der Waals surface area (Å²) in [5.74, 6) is 0.367. The van der Waals surface area contributed by atoms with Gasteiger partial charge >= 0.3 is 0 Å². The molecule has 166 valence electrons. The summed E-state index contributed by atoms with van der Waals surface area (Å²) in [5, 5.41) is 6.49. The van der Waals surface area contributed by atoms with Crippen LogP contribution in [0.3, 0.4) is 0 Å². The monoisotopic (exact) mass is 441 g/mol. The van der Waals surface area contributed by atoms with Gasteiger partial charge in [0.1, 0.15) is 22.7 Å². The first-order valence-electron chi connectivity index (χ1n) is 10.6. The van der Waals surface area contributed by atoms with Crippen LogP contribution in [-0.4, -0.2) is 29.9 Å². The fourth-order valence-electron chi connectivity index (χ4n) is 3.20. The normalized spacial score (nSPS) is 11.2. The molecule has 0 saturated carbocycles. The average molecular weight is 441 g/mol. The summed E-state index contributed by atoms with van der Waals surface area (Å²) >= 11 is 0. The number of para-hydroxylation sites is 1. The Morgan fingerprint density at radius 1 is 0.970 bits per heavy atom. The molecule has 2 amide bonds. The fourth-order valence-corrected chi connectivity index (χ4v) is 3.20. The number of hydrogen-bond acceptors (Lipinski definition) is 5. The maximum atomic E-state index is 12.8. The molecule has 0 saturated heterocycles. The maximum Gasteiger partial charge on any atom is 0.267 e. The highest BCUT2D eigenvalue weighted by Crippen LogP contribution is 2.22. The Kier molecular flexibility index (Phi) is 7.12. The van der Waals surface area contributed by atoms with Gasteiger partial charge in [-0.1, -0.05) is 36.4 Å². The van der Waals surface area contributed by atoms with Gasteiger partial charge in [0.2, 0.25) is 0 Å². The van der Waals surface area contributed by atoms with Crippen LogP contribution in [0.15, 0.2) is 95.4 Å². The number of rotatable bonds is 9. The molecule has 0 radical (unpaired) electrons. The summed E-state index contributed by atoms with van der Waals surface area (Å²) in [6.07, 6.45) is 5.30. The van der Waals surface area contributed by atoms with Crippen molar-refractivity contribution in [1.29, 1.82) is 0 Å². The topological polar surface area (TPSA) is 93.5 Å². The lowest BCUT2D eigenvalue weighted by molar-refractivity contribution is -0.117. The van der Waals surface area contributed by atoms with E-state index in [0.29, 0.717) is 36.6 Å². The second-order valence-corrected chi connectivity index (χ2v) is 7.18. The van der Waals surface area contributed by atoms with Crippen LogP contribution in [0.2, 0.25) is 0 Å². The van der Waals surface area contributed by atoms with Crippen LogP contribution in [0.1, 0.15) is 22.5 Å². The van der Waals surface area contributed by atoms with Crippen LogP contribution in [0.5, 0.6) is 5.75 Å². The highest BCUT2D eigenvalue weighted by atomic mass is 16.5. The first-order chi connectivity index (χ1) is 16.2. The van der Waals surface area contributed by atoms with E-state index < -0.39 is 5.91 Å². The molecule has 2 aromatic carbocycles. The number of amides is 2. The molecule has 0 spiro atoms. The van der Waals surface area contributed by atoms with E-state index in [9.17, 15) is 9.59 Å². The van der Waals surface area contributed by atoms with Crippen LogP contribution in [0.4, 0.5) is 0 Å². The van der Waals surface area contributed by atoms with Gasteiger partial charge in [-0.25, -0.2) is 0 Å². The van der Waals surface area contributed by atoms with E-state index >= 15 is 0 Å². The lowest BCUT2D eigenvalue weighted by Crippen LogP contribution is -2.35. The van der Waals surface area contributed by atoms with E-state index in [1.165, 1.54) is 12.3 Å². The molecule has 0 fully saturated rings. The van der Waals surface area contributed by atoms with Gasteiger partial charge < -0.3 is 19.8 Å². The maximum absolute atomic E-state index is 12.8. The van der Waals surface area contributed by atoms with Gasteiger partial charge in [-0.15, -0.1) is 0 Å². The predicted molar refractivity (Wildman–Crippen MR) is 125 cm³/mol. The molecule has 33 heavy (non-hydrogen) atoms. The molecule has 0 aliphatic rings. The number of carbonyl (C=O) groups excluding carboxylic acids is 2. The van der Waals surface area contributed by atoms with Gasteiger partial charge in [0.25, 0.3) is 11.8 Å². The average Bonchev–Trinajstić information content (AvgIpc) is 3.37. The minimum absolute atomic E-state index is 0.0953. The van der Waals surface area contributed by atoms with Crippen molar-refractivity contribution in [1.82, 2.24) is 15.6 Å². The Bertz CT molecular complexity index is 1250. The standard InChI is InChI=1S/C26H23N3O4/c30-25(20-8-2-1-3-9-20)29-22(18-21-12-6-16-32-21)26(31)28-15-7-17-33-23-13-4-10-19-11-5-14-27-24(19)23/h1-6,8-14,16,18H,7,15,17H2,(H,28,31)(H,29,30)/b22-18-. The van der Waals surface area contributed by atoms with Crippen molar-refractivity contribution in [2.75, 3.05) is 13.2 Å². The van der Waals surface area contributed by atoms with E-state index in [-0.39, 0.29) is 11.6 Å². The number of nitrogens with zero attached hydrogens (tertiary/aromatic N) is 1. The summed E-state index contributed by atoms with van der Waals surface area (Å²) in [4.78, 5) is 29.7. The summed E-state index contributed by atoms with van der Waals surface area (Å²) in [6.45, 7) is 0.775. The number of carbonyl (C=O) groups is 2. The molecule has 2 N–H and O–H groups in total. The Hall–Kier alpha value is -4.39. The minimum Gasteiger partial charge on any atom is -0.491 e. The van der Waals surface area contributed by atoms with Gasteiger partial charge in [0.15, 0.2) is 0 Å². The Morgan fingerprint density at radius 2 is 1.82 bits per heavy atom. The summed E-state index contributed by atoms with van der Waals surface area (Å²) in [6, 6.07) is 21.7. The third-order valence-corrected chi connectivity index (χ3v) is 4.82. The van der Waals surface area contributed by atoms with Gasteiger partial charge in [-0.05, 0) is 42.8 Å². The quantitative estimate of drug-likeness (QED) is 0.300. The number of fused-ring (bicyclic) bond motifs is 1. The zero-order valence-electron chi connectivity index (χ0n) is 17.9. The smallest absolute Gasteiger partial charge is 0.267 e. The molecule has 0 bridgehead atoms. The third-order valence-electron chi connectivity index (χ3n) is 4.82. The highest BCUT2D eigenvalue weighted by Gasteiger charge is 2.15. The van der Waals surface area contributed by atoms with E-state index in [2.05, 4.69) is 15.6 Å². The zero-order chi connectivity index (χ0) is 22.9. The molecule has 0 aliphatic carbocycles. The first-order valence-corrected chi connectivity index (χ1v) is 10.6. The molecule has 7 nitrogen and oxygen atoms in total. The lowest BCUT2D eigenvalue weighted by atomic mass is 10.2. The van der Waals surface area contributed by atoms with Gasteiger partial charge in [-0.3, -0.25) is 14.6 Å². The SMILES string of the molecule is O=C(NCCCOc1cccc2cccnc12)/C(=C/c1ccco1)NC(=O)c1ccccc1. The summed E-state index contributed by atoms with van der Waals surface area (Å²) < 4.78 is 11.2. The second kappa shape index (κ2) is 10.8. The molecular weight excluding hydrogens is 418 g/mol. The lowest BCUT2D eigenvalue weighted by Gasteiger charge is -2.12. The van der Waals surface area contributed by atoms with Crippen molar-refractivity contribution in [3.05, 3.63) is 102 Å². The minimum atomic E-state index is -0.414. The van der Waals surface area contributed by atoms with Crippen molar-refractivity contribution in [2.24, 2.45) is 0 Å². The van der Waals surface area contributed by atoms with Crippen LogP contribution < -0.4 is 15.4 Å². The van der Waals surface area contributed by atoms with Gasteiger partial charge in [-0.2, -0.15) is 0 Å². The third kappa shape index (κ3) is 5.86. The van der Waals surface area contributed by atoms with Crippen molar-refractivity contribution in [3.63, 3.8) is 0 Å². The number of pyridine rings is 1. The molecule has 7 heteroatoms. The van der Waals surface area contributed by atoms with E-state index in [1.54, 1.807) is 42.6 Å². The van der Waals surface area contributed by atoms with Crippen LogP contribution >= 0.6 is 0 Å². The molecule has 0 unspecified atom stereocenters. The summed E-state index contributed by atoms with van der Waals surface area (Å²) in [5.41, 5.74) is 1.35. The van der Waals surface area contributed by atoms with Gasteiger partial charge in [0.05, 0.1) is 12.9 Å². The summed E-state index contributed by atoms with van der Waals surface area (Å²) in [7, 11) is 0. The molecular formula is C26H23N3O4. The number of hydrogen-bond donors (Lipinski definition) is 2. The molecule has 4 rings (SSSR count). The molecule has 0 atom stereocenters. The number of nitrogens with one attached hydrogen (secondary N) is 2. The zero-order valence-corrected chi connectivity index (χ0v) is 17.9. The Balaban J connectivity index is 1.33. The van der Waals surface area contributed by atoms with E-state index in [0.717, 1.165) is 10.9 Å². The molecule has 4 aromatic rings. The molecule has 2 heterocycles. The van der Waals surface area contributed by atoms with Crippen molar-refractivity contribution < 1.29 is 18.7 Å². The largest absolute Gasteiger partial charge is 0.491 e. The number of benzene rings is 2. The van der Waals surface area contributed by atoms with E-state index in [4.69, 9.17) is 9.15 Å². The number of aromatic nitrogens is 1. The Morgan fingerprint density at radius 3 is 2.64 bits per heavy atom. The van der Waals surface area contributed by atoms with Crippen molar-refractivity contribution in [2.45, 2.75) is 6.42 Å². The van der Waals surface area contributed by atoms with E-state index in [1.807, 2.05) is 36.4 Å². The second-order valence-electron chi connectivity index (χ2n) is 7.18. The first kappa shape index (κ1) is 21.8.